The van der Waals surface area contributed by atoms with E-state index in [1.165, 1.54) is 6.92 Å². The number of carbonyl (C=O) groups excluding carboxylic acids is 4. The van der Waals surface area contributed by atoms with Crippen LogP contribution < -0.4 is 16.0 Å². The molecular formula is C40H61N5O7S. The molecule has 0 radical (unpaired) electrons. The maximum absolute atomic E-state index is 14.4. The number of rotatable bonds is 22. The Labute approximate surface area is 319 Å². The van der Waals surface area contributed by atoms with Gasteiger partial charge in [-0.1, -0.05) is 83.5 Å². The molecule has 0 bridgehead atoms. The Balaban J connectivity index is 2.44. The molecule has 0 saturated carbocycles. The average Bonchev–Trinajstić information content (AvgIpc) is 3.58. The van der Waals surface area contributed by atoms with Crippen molar-refractivity contribution in [2.24, 2.45) is 17.3 Å². The molecule has 0 aliphatic carbocycles. The van der Waals surface area contributed by atoms with E-state index in [0.29, 0.717) is 36.4 Å². The lowest BCUT2D eigenvalue weighted by Gasteiger charge is -2.38. The smallest absolute Gasteiger partial charge is 0.309 e. The van der Waals surface area contributed by atoms with Gasteiger partial charge >= 0.3 is 11.9 Å². The summed E-state index contributed by atoms with van der Waals surface area (Å²) >= 11 is 1.16. The SMILES string of the molecule is C=C(C)[C@@H](C[C@@H](OC(C)=O)c1nc(C(=O)N[C@@H](Cc2ccccc2)CC(C)(C)C(=O)O)cs1)N(CCC)C(=O)[C@@H](NC(=O)[C@H](NC)C(C)C)[C@@H](C)CC. The van der Waals surface area contributed by atoms with Gasteiger partial charge in [0, 0.05) is 31.3 Å². The van der Waals surface area contributed by atoms with Gasteiger partial charge < -0.3 is 30.7 Å². The Kier molecular flexibility index (Phi) is 17.8. The van der Waals surface area contributed by atoms with Crippen LogP contribution in [0.3, 0.4) is 0 Å². The molecule has 53 heavy (non-hydrogen) atoms. The normalized spacial score (nSPS) is 15.0. The largest absolute Gasteiger partial charge is 0.481 e. The summed E-state index contributed by atoms with van der Waals surface area (Å²) < 4.78 is 5.79. The van der Waals surface area contributed by atoms with Crippen LogP contribution in [0.5, 0.6) is 0 Å². The van der Waals surface area contributed by atoms with Gasteiger partial charge in [0.1, 0.15) is 16.7 Å². The van der Waals surface area contributed by atoms with Gasteiger partial charge in [0.2, 0.25) is 11.8 Å². The van der Waals surface area contributed by atoms with Crippen LogP contribution in [0.1, 0.15) is 115 Å². The third-order valence-corrected chi connectivity index (χ3v) is 10.4. The van der Waals surface area contributed by atoms with Crippen LogP contribution in [0.15, 0.2) is 47.9 Å². The van der Waals surface area contributed by atoms with Crippen molar-refractivity contribution in [3.8, 4) is 0 Å². The maximum Gasteiger partial charge on any atom is 0.309 e. The van der Waals surface area contributed by atoms with Gasteiger partial charge in [-0.3, -0.25) is 24.0 Å². The van der Waals surface area contributed by atoms with Gasteiger partial charge in [-0.25, -0.2) is 4.98 Å². The van der Waals surface area contributed by atoms with E-state index in [1.807, 2.05) is 71.9 Å². The number of hydrogen-bond donors (Lipinski definition) is 4. The molecule has 3 amide bonds. The number of esters is 1. The first-order chi connectivity index (χ1) is 24.9. The zero-order valence-corrected chi connectivity index (χ0v) is 34.0. The average molecular weight is 756 g/mol. The van der Waals surface area contributed by atoms with Crippen molar-refractivity contribution >= 4 is 41.0 Å². The number of aromatic nitrogens is 1. The molecule has 13 heteroatoms. The molecule has 6 atom stereocenters. The molecule has 0 fully saturated rings. The molecule has 2 rings (SSSR count). The third kappa shape index (κ3) is 13.4. The highest BCUT2D eigenvalue weighted by Gasteiger charge is 2.37. The Morgan fingerprint density at radius 3 is 2.17 bits per heavy atom. The van der Waals surface area contributed by atoms with Gasteiger partial charge in [-0.15, -0.1) is 11.3 Å². The molecule has 0 saturated heterocycles. The van der Waals surface area contributed by atoms with Crippen LogP contribution in [-0.4, -0.2) is 82.4 Å². The van der Waals surface area contributed by atoms with Crippen molar-refractivity contribution in [2.75, 3.05) is 13.6 Å². The van der Waals surface area contributed by atoms with Gasteiger partial charge in [0.05, 0.1) is 17.5 Å². The molecule has 0 unspecified atom stereocenters. The molecule has 4 N–H and O–H groups in total. The maximum atomic E-state index is 14.4. The summed E-state index contributed by atoms with van der Waals surface area (Å²) in [7, 11) is 1.72. The highest BCUT2D eigenvalue weighted by Crippen LogP contribution is 2.32. The van der Waals surface area contributed by atoms with Crippen molar-refractivity contribution in [2.45, 2.75) is 125 Å². The monoisotopic (exact) mass is 755 g/mol. The Morgan fingerprint density at radius 1 is 1.02 bits per heavy atom. The van der Waals surface area contributed by atoms with Crippen LogP contribution in [0.2, 0.25) is 0 Å². The lowest BCUT2D eigenvalue weighted by molar-refractivity contribution is -0.149. The van der Waals surface area contributed by atoms with E-state index < -0.39 is 53.5 Å². The summed E-state index contributed by atoms with van der Waals surface area (Å²) in [6, 6.07) is 7.14. The second-order valence-electron chi connectivity index (χ2n) is 14.9. The van der Waals surface area contributed by atoms with Gasteiger partial charge in [0.15, 0.2) is 6.10 Å². The number of carboxylic acid groups (broad SMARTS) is 1. The first-order valence-electron chi connectivity index (χ1n) is 18.5. The molecule has 1 heterocycles. The number of nitrogens with zero attached hydrogens (tertiary/aromatic N) is 2. The Bertz CT molecular complexity index is 1540. The van der Waals surface area contributed by atoms with E-state index in [1.54, 1.807) is 31.2 Å². The van der Waals surface area contributed by atoms with Crippen LogP contribution in [0.25, 0.3) is 0 Å². The van der Waals surface area contributed by atoms with Crippen molar-refractivity contribution in [3.05, 3.63) is 64.1 Å². The predicted octanol–water partition coefficient (Wildman–Crippen LogP) is 5.94. The summed E-state index contributed by atoms with van der Waals surface area (Å²) in [5.41, 5.74) is 0.611. The minimum atomic E-state index is -1.10. The molecule has 12 nitrogen and oxygen atoms in total. The minimum absolute atomic E-state index is 0.00341. The molecule has 0 aliphatic rings. The van der Waals surface area contributed by atoms with Crippen LogP contribution >= 0.6 is 11.3 Å². The van der Waals surface area contributed by atoms with E-state index in [0.717, 1.165) is 16.9 Å². The minimum Gasteiger partial charge on any atom is -0.481 e. The summed E-state index contributed by atoms with van der Waals surface area (Å²) in [6.45, 7) is 20.7. The highest BCUT2D eigenvalue weighted by atomic mass is 32.1. The van der Waals surface area contributed by atoms with Crippen molar-refractivity contribution in [1.82, 2.24) is 25.8 Å². The van der Waals surface area contributed by atoms with Crippen LogP contribution in [-0.2, 0) is 30.3 Å². The quantitative estimate of drug-likeness (QED) is 0.0841. The lowest BCUT2D eigenvalue weighted by Crippen LogP contribution is -2.58. The zero-order chi connectivity index (χ0) is 40.0. The number of aliphatic carboxylic acids is 1. The first-order valence-corrected chi connectivity index (χ1v) is 19.4. The number of ether oxygens (including phenoxy) is 1. The van der Waals surface area contributed by atoms with Crippen molar-refractivity contribution in [3.63, 3.8) is 0 Å². The molecule has 2 aromatic rings. The van der Waals surface area contributed by atoms with Gasteiger partial charge in [-0.2, -0.15) is 0 Å². The lowest BCUT2D eigenvalue weighted by atomic mass is 9.84. The fraction of sp³-hybridized carbons (Fsp3) is 0.600. The van der Waals surface area contributed by atoms with E-state index in [9.17, 15) is 29.1 Å². The molecule has 0 aliphatic heterocycles. The second kappa shape index (κ2) is 21.0. The fourth-order valence-electron chi connectivity index (χ4n) is 6.30. The predicted molar refractivity (Wildman–Crippen MR) is 208 cm³/mol. The molecule has 1 aromatic heterocycles. The Morgan fingerprint density at radius 2 is 1.66 bits per heavy atom. The number of hydrogen-bond acceptors (Lipinski definition) is 9. The molecule has 294 valence electrons. The molecular weight excluding hydrogens is 695 g/mol. The second-order valence-corrected chi connectivity index (χ2v) is 15.8. The van der Waals surface area contributed by atoms with Gasteiger partial charge in [0.25, 0.3) is 5.91 Å². The highest BCUT2D eigenvalue weighted by molar-refractivity contribution is 7.09. The molecule has 1 aromatic carbocycles. The first kappa shape index (κ1) is 45.1. The number of carbonyl (C=O) groups is 5. The van der Waals surface area contributed by atoms with Gasteiger partial charge in [-0.05, 0) is 64.5 Å². The molecule has 0 spiro atoms. The van der Waals surface area contributed by atoms with Crippen molar-refractivity contribution in [1.29, 1.82) is 0 Å². The summed E-state index contributed by atoms with van der Waals surface area (Å²) in [5, 5.41) is 20.8. The number of carboxylic acids is 1. The Hall–Kier alpha value is -4.10. The zero-order valence-electron chi connectivity index (χ0n) is 33.2. The third-order valence-electron chi connectivity index (χ3n) is 9.50. The number of nitrogens with one attached hydrogen (secondary N) is 3. The van der Waals surface area contributed by atoms with E-state index in [4.69, 9.17) is 4.74 Å². The summed E-state index contributed by atoms with van der Waals surface area (Å²) in [4.78, 5) is 72.1. The fourth-order valence-corrected chi connectivity index (χ4v) is 7.14. The summed E-state index contributed by atoms with van der Waals surface area (Å²) in [5.74, 6) is -2.68. The number of amides is 3. The number of likely N-dealkylation sites (N-methyl/N-ethyl adjacent to an activating group) is 1. The number of benzene rings is 1. The standard InChI is InChI=1S/C40H61N5O7S/c1-12-19-45(38(49)34(26(7)13-2)44-36(48)33(41-11)25(5)6)31(24(3)4)21-32(52-27(8)46)37-43-30(23-53-37)35(47)42-29(22-40(9,10)39(50)51)20-28-17-15-14-16-18-28/h14-18,23,25-26,29,31-34,41H,3,12-13,19-22H2,1-2,4-11H3,(H,42,47)(H,44,48)(H,50,51)/t26-,29-,31+,32+,33+,34-/m0/s1. The van der Waals surface area contributed by atoms with Crippen molar-refractivity contribution < 1.29 is 33.8 Å². The topological polar surface area (TPSA) is 167 Å². The van der Waals surface area contributed by atoms with E-state index in [-0.39, 0.29) is 42.2 Å². The number of thiazole rings is 1. The van der Waals surface area contributed by atoms with Crippen LogP contribution in [0.4, 0.5) is 0 Å². The summed E-state index contributed by atoms with van der Waals surface area (Å²) in [6.07, 6.45) is 1.10. The van der Waals surface area contributed by atoms with Crippen LogP contribution in [0, 0.1) is 17.3 Å². The van der Waals surface area contributed by atoms with E-state index in [2.05, 4.69) is 27.5 Å². The van der Waals surface area contributed by atoms with E-state index >= 15 is 0 Å².